The van der Waals surface area contributed by atoms with E-state index in [1.807, 2.05) is 0 Å². The highest BCUT2D eigenvalue weighted by Crippen LogP contribution is 2.41. The standard InChI is InChI=1S/C20H24N2O6/c1-19(2,3)28-18(25)22-12-20(17(24)27-5,10-15(22)16(23)26-4)14-9-7-6-8-13(14)11-21/h6-9,15H,10,12H2,1-5H3. The van der Waals surface area contributed by atoms with E-state index in [1.165, 1.54) is 19.1 Å². The molecule has 1 aromatic carbocycles. The lowest BCUT2D eigenvalue weighted by Crippen LogP contribution is -2.45. The van der Waals surface area contributed by atoms with Gasteiger partial charge in [0.1, 0.15) is 17.1 Å². The third-order valence-electron chi connectivity index (χ3n) is 4.60. The van der Waals surface area contributed by atoms with Crippen molar-refractivity contribution in [1.82, 2.24) is 4.90 Å². The Labute approximate surface area is 164 Å². The lowest BCUT2D eigenvalue weighted by atomic mass is 9.76. The van der Waals surface area contributed by atoms with E-state index in [9.17, 15) is 19.6 Å². The summed E-state index contributed by atoms with van der Waals surface area (Å²) in [6.45, 7) is 4.93. The number of ether oxygens (including phenoxy) is 3. The maximum atomic E-state index is 12.9. The molecular weight excluding hydrogens is 364 g/mol. The lowest BCUT2D eigenvalue weighted by Gasteiger charge is -2.29. The van der Waals surface area contributed by atoms with Crippen LogP contribution in [0, 0.1) is 11.3 Å². The van der Waals surface area contributed by atoms with Crippen LogP contribution in [0.15, 0.2) is 24.3 Å². The summed E-state index contributed by atoms with van der Waals surface area (Å²) < 4.78 is 15.2. The molecule has 2 atom stereocenters. The number of esters is 2. The first-order valence-electron chi connectivity index (χ1n) is 8.75. The molecule has 1 aromatic rings. The van der Waals surface area contributed by atoms with Crippen LogP contribution in [-0.4, -0.2) is 55.3 Å². The predicted octanol–water partition coefficient (Wildman–Crippen LogP) is 2.15. The van der Waals surface area contributed by atoms with Crippen LogP contribution in [-0.2, 0) is 29.2 Å². The predicted molar refractivity (Wildman–Crippen MR) is 98.2 cm³/mol. The summed E-state index contributed by atoms with van der Waals surface area (Å²) >= 11 is 0. The number of benzene rings is 1. The van der Waals surface area contributed by atoms with E-state index < -0.39 is 35.1 Å². The molecule has 8 nitrogen and oxygen atoms in total. The molecule has 1 fully saturated rings. The van der Waals surface area contributed by atoms with E-state index in [0.717, 1.165) is 0 Å². The van der Waals surface area contributed by atoms with Gasteiger partial charge in [0.15, 0.2) is 0 Å². The largest absolute Gasteiger partial charge is 0.468 e. The number of rotatable bonds is 3. The summed E-state index contributed by atoms with van der Waals surface area (Å²) in [5.74, 6) is -1.32. The number of methoxy groups -OCH3 is 2. The Balaban J connectivity index is 2.59. The summed E-state index contributed by atoms with van der Waals surface area (Å²) in [4.78, 5) is 39.2. The van der Waals surface area contributed by atoms with Crippen molar-refractivity contribution in [2.24, 2.45) is 0 Å². The van der Waals surface area contributed by atoms with Crippen LogP contribution < -0.4 is 0 Å². The molecule has 0 saturated carbocycles. The Morgan fingerprint density at radius 3 is 2.36 bits per heavy atom. The molecule has 1 aliphatic rings. The smallest absolute Gasteiger partial charge is 0.411 e. The van der Waals surface area contributed by atoms with Gasteiger partial charge in [-0.1, -0.05) is 18.2 Å². The van der Waals surface area contributed by atoms with Crippen molar-refractivity contribution in [3.05, 3.63) is 35.4 Å². The molecule has 0 bridgehead atoms. The molecule has 8 heteroatoms. The van der Waals surface area contributed by atoms with Crippen LogP contribution in [0.25, 0.3) is 0 Å². The number of nitriles is 1. The van der Waals surface area contributed by atoms with E-state index in [-0.39, 0.29) is 18.5 Å². The fraction of sp³-hybridized carbons (Fsp3) is 0.500. The molecule has 0 aliphatic carbocycles. The van der Waals surface area contributed by atoms with E-state index in [4.69, 9.17) is 14.2 Å². The molecule has 1 amide bonds. The van der Waals surface area contributed by atoms with Crippen LogP contribution in [0.4, 0.5) is 4.79 Å². The minimum absolute atomic E-state index is 0.0791. The van der Waals surface area contributed by atoms with Gasteiger partial charge in [-0.15, -0.1) is 0 Å². The summed E-state index contributed by atoms with van der Waals surface area (Å²) in [5, 5.41) is 9.50. The average molecular weight is 388 g/mol. The molecule has 0 radical (unpaired) electrons. The summed E-state index contributed by atoms with van der Waals surface area (Å²) in [5.41, 5.74) is -1.53. The second-order valence-corrected chi connectivity index (χ2v) is 7.58. The number of amides is 1. The van der Waals surface area contributed by atoms with E-state index in [0.29, 0.717) is 5.56 Å². The van der Waals surface area contributed by atoms with Crippen molar-refractivity contribution in [3.8, 4) is 6.07 Å². The summed E-state index contributed by atoms with van der Waals surface area (Å²) in [6, 6.07) is 7.56. The van der Waals surface area contributed by atoms with Crippen LogP contribution in [0.5, 0.6) is 0 Å². The maximum absolute atomic E-state index is 12.9. The zero-order valence-corrected chi connectivity index (χ0v) is 16.6. The number of carbonyl (C=O) groups excluding carboxylic acids is 3. The molecule has 1 aliphatic heterocycles. The van der Waals surface area contributed by atoms with Gasteiger partial charge in [0.25, 0.3) is 0 Å². The third kappa shape index (κ3) is 3.93. The van der Waals surface area contributed by atoms with Gasteiger partial charge < -0.3 is 14.2 Å². The quantitative estimate of drug-likeness (QED) is 0.577. The molecule has 0 spiro atoms. The van der Waals surface area contributed by atoms with Gasteiger partial charge in [0.05, 0.1) is 25.9 Å². The van der Waals surface area contributed by atoms with Crippen molar-refractivity contribution >= 4 is 18.0 Å². The topological polar surface area (TPSA) is 106 Å². The normalized spacial score (nSPS) is 21.6. The van der Waals surface area contributed by atoms with E-state index in [2.05, 4.69) is 6.07 Å². The van der Waals surface area contributed by atoms with Crippen molar-refractivity contribution in [3.63, 3.8) is 0 Å². The molecule has 150 valence electrons. The van der Waals surface area contributed by atoms with E-state index >= 15 is 0 Å². The van der Waals surface area contributed by atoms with Crippen molar-refractivity contribution in [2.45, 2.75) is 44.2 Å². The van der Waals surface area contributed by atoms with E-state index in [1.54, 1.807) is 45.0 Å². The van der Waals surface area contributed by atoms with Crippen LogP contribution in [0.2, 0.25) is 0 Å². The van der Waals surface area contributed by atoms with Gasteiger partial charge >= 0.3 is 18.0 Å². The first kappa shape index (κ1) is 21.2. The molecule has 0 aromatic heterocycles. The monoisotopic (exact) mass is 388 g/mol. The second kappa shape index (κ2) is 7.89. The molecule has 1 heterocycles. The van der Waals surface area contributed by atoms with Gasteiger partial charge in [-0.2, -0.15) is 5.26 Å². The Hall–Kier alpha value is -3.08. The van der Waals surface area contributed by atoms with Gasteiger partial charge in [-0.3, -0.25) is 9.69 Å². The lowest BCUT2D eigenvalue weighted by molar-refractivity contribution is -0.147. The SMILES string of the molecule is COC(=O)C1CC(C(=O)OC)(c2ccccc2C#N)CN1C(=O)OC(C)(C)C. The maximum Gasteiger partial charge on any atom is 0.411 e. The van der Waals surface area contributed by atoms with Crippen LogP contribution in [0.3, 0.4) is 0 Å². The highest BCUT2D eigenvalue weighted by molar-refractivity contribution is 5.90. The van der Waals surface area contributed by atoms with Crippen molar-refractivity contribution in [1.29, 1.82) is 5.26 Å². The zero-order valence-electron chi connectivity index (χ0n) is 16.6. The fourth-order valence-electron chi connectivity index (χ4n) is 3.41. The van der Waals surface area contributed by atoms with Crippen LogP contribution in [0.1, 0.15) is 38.3 Å². The Bertz CT molecular complexity index is 823. The molecular formula is C20H24N2O6. The summed E-state index contributed by atoms with van der Waals surface area (Å²) in [6.07, 6.45) is -0.826. The van der Waals surface area contributed by atoms with Gasteiger partial charge in [-0.05, 0) is 32.4 Å². The molecule has 0 N–H and O–H groups in total. The van der Waals surface area contributed by atoms with Crippen molar-refractivity contribution < 1.29 is 28.6 Å². The fourth-order valence-corrected chi connectivity index (χ4v) is 3.41. The molecule has 2 rings (SSSR count). The van der Waals surface area contributed by atoms with Gasteiger partial charge in [-0.25, -0.2) is 9.59 Å². The third-order valence-corrected chi connectivity index (χ3v) is 4.60. The molecule has 2 unspecified atom stereocenters. The minimum atomic E-state index is -1.39. The number of nitrogens with zero attached hydrogens (tertiary/aromatic N) is 2. The van der Waals surface area contributed by atoms with Crippen molar-refractivity contribution in [2.75, 3.05) is 20.8 Å². The van der Waals surface area contributed by atoms with Crippen LogP contribution >= 0.6 is 0 Å². The highest BCUT2D eigenvalue weighted by Gasteiger charge is 2.57. The minimum Gasteiger partial charge on any atom is -0.468 e. The highest BCUT2D eigenvalue weighted by atomic mass is 16.6. The summed E-state index contributed by atoms with van der Waals surface area (Å²) in [7, 11) is 2.43. The average Bonchev–Trinajstić information content (AvgIpc) is 3.07. The number of carbonyl (C=O) groups is 3. The molecule has 1 saturated heterocycles. The Morgan fingerprint density at radius 2 is 1.82 bits per heavy atom. The Morgan fingerprint density at radius 1 is 1.18 bits per heavy atom. The first-order valence-corrected chi connectivity index (χ1v) is 8.75. The zero-order chi connectivity index (χ0) is 21.1. The van der Waals surface area contributed by atoms with Gasteiger partial charge in [0.2, 0.25) is 0 Å². The Kier molecular flexibility index (Phi) is 5.98. The number of hydrogen-bond donors (Lipinski definition) is 0. The number of likely N-dealkylation sites (tertiary alicyclic amines) is 1. The van der Waals surface area contributed by atoms with Gasteiger partial charge in [0, 0.05) is 13.0 Å². The number of hydrogen-bond acceptors (Lipinski definition) is 7. The second-order valence-electron chi connectivity index (χ2n) is 7.58. The molecule has 28 heavy (non-hydrogen) atoms. The first-order chi connectivity index (χ1) is 13.1.